The Morgan fingerprint density at radius 1 is 1.30 bits per heavy atom. The first kappa shape index (κ1) is 22.7. The third-order valence-electron chi connectivity index (χ3n) is 3.27. The lowest BCUT2D eigenvalue weighted by atomic mass is 10.0. The number of esters is 1. The smallest absolute Gasteiger partial charge is 0.328 e. The second kappa shape index (κ2) is 10.1. The predicted octanol–water partition coefficient (Wildman–Crippen LogP) is 1.78. The molecule has 0 aliphatic rings. The van der Waals surface area contributed by atoms with Gasteiger partial charge in [0.15, 0.2) is 11.6 Å². The molecule has 0 heterocycles. The van der Waals surface area contributed by atoms with Gasteiger partial charge in [-0.2, -0.15) is 8.42 Å². The minimum Gasteiger partial charge on any atom is -0.464 e. The molecule has 0 saturated carbocycles. The molecule has 1 amide bonds. The molecule has 7 nitrogen and oxygen atoms in total. The van der Waals surface area contributed by atoms with Crippen LogP contribution in [0.2, 0.25) is 0 Å². The van der Waals surface area contributed by atoms with Gasteiger partial charge in [0, 0.05) is 12.5 Å². The van der Waals surface area contributed by atoms with Crippen LogP contribution in [0.15, 0.2) is 24.3 Å². The second-order valence-electron chi connectivity index (χ2n) is 5.54. The Morgan fingerprint density at radius 2 is 1.96 bits per heavy atom. The van der Waals surface area contributed by atoms with Crippen LogP contribution in [-0.2, 0) is 28.6 Å². The van der Waals surface area contributed by atoms with E-state index in [9.17, 15) is 26.8 Å². The van der Waals surface area contributed by atoms with E-state index in [0.717, 1.165) is 12.3 Å². The SMILES string of the molecule is CCOC(=O)[C@H](C/C=C(\COS(C)(=O)=O)c1cccc(F)c1F)NC(C)=O. The summed E-state index contributed by atoms with van der Waals surface area (Å²) in [4.78, 5) is 23.2. The molecule has 0 radical (unpaired) electrons. The van der Waals surface area contributed by atoms with E-state index in [-0.39, 0.29) is 24.2 Å². The fourth-order valence-electron chi connectivity index (χ4n) is 2.13. The highest BCUT2D eigenvalue weighted by Crippen LogP contribution is 2.22. The Morgan fingerprint density at radius 3 is 2.52 bits per heavy atom. The Hall–Kier alpha value is -2.33. The van der Waals surface area contributed by atoms with E-state index in [0.29, 0.717) is 0 Å². The molecule has 0 fully saturated rings. The van der Waals surface area contributed by atoms with Gasteiger partial charge in [-0.15, -0.1) is 0 Å². The lowest BCUT2D eigenvalue weighted by molar-refractivity contribution is -0.147. The van der Waals surface area contributed by atoms with Gasteiger partial charge in [0.25, 0.3) is 10.1 Å². The summed E-state index contributed by atoms with van der Waals surface area (Å²) in [6, 6.07) is 2.33. The normalized spacial score (nSPS) is 13.1. The molecule has 0 saturated heterocycles. The number of rotatable bonds is 9. The van der Waals surface area contributed by atoms with Crippen LogP contribution in [0.4, 0.5) is 8.78 Å². The first-order valence-electron chi connectivity index (χ1n) is 7.96. The van der Waals surface area contributed by atoms with Gasteiger partial charge in [-0.3, -0.25) is 8.98 Å². The van der Waals surface area contributed by atoms with Crippen molar-refractivity contribution in [2.75, 3.05) is 19.5 Å². The largest absolute Gasteiger partial charge is 0.464 e. The van der Waals surface area contributed by atoms with E-state index in [1.165, 1.54) is 25.1 Å². The number of amides is 1. The van der Waals surface area contributed by atoms with Crippen LogP contribution in [0, 0.1) is 11.6 Å². The van der Waals surface area contributed by atoms with Crippen molar-refractivity contribution in [1.29, 1.82) is 0 Å². The van der Waals surface area contributed by atoms with Crippen molar-refractivity contribution in [3.8, 4) is 0 Å². The summed E-state index contributed by atoms with van der Waals surface area (Å²) in [5.41, 5.74) is -0.221. The first-order valence-corrected chi connectivity index (χ1v) is 9.78. The predicted molar refractivity (Wildman–Crippen MR) is 94.0 cm³/mol. The van der Waals surface area contributed by atoms with Crippen molar-refractivity contribution < 1.29 is 35.7 Å². The van der Waals surface area contributed by atoms with Crippen LogP contribution in [0.1, 0.15) is 25.8 Å². The Balaban J connectivity index is 3.20. The number of carbonyl (C=O) groups excluding carboxylic acids is 2. The molecule has 1 aromatic carbocycles. The summed E-state index contributed by atoms with van der Waals surface area (Å²) in [6.45, 7) is 2.30. The number of carbonyl (C=O) groups is 2. The highest BCUT2D eigenvalue weighted by atomic mass is 32.2. The summed E-state index contributed by atoms with van der Waals surface area (Å²) in [6.07, 6.45) is 1.96. The van der Waals surface area contributed by atoms with Crippen LogP contribution in [0.5, 0.6) is 0 Å². The second-order valence-corrected chi connectivity index (χ2v) is 7.18. The van der Waals surface area contributed by atoms with Crippen molar-refractivity contribution in [2.24, 2.45) is 0 Å². The molecular formula is C17H21F2NO6S. The number of nitrogens with one attached hydrogen (secondary N) is 1. The number of hydrogen-bond acceptors (Lipinski definition) is 6. The first-order chi connectivity index (χ1) is 12.5. The molecule has 0 aromatic heterocycles. The van der Waals surface area contributed by atoms with Crippen LogP contribution in [0.3, 0.4) is 0 Å². The molecule has 0 aliphatic carbocycles. The lowest BCUT2D eigenvalue weighted by Gasteiger charge is -2.16. The Labute approximate surface area is 156 Å². The summed E-state index contributed by atoms with van der Waals surface area (Å²) in [5.74, 6) is -3.52. The maximum Gasteiger partial charge on any atom is 0.328 e. The van der Waals surface area contributed by atoms with Crippen LogP contribution >= 0.6 is 0 Å². The zero-order valence-electron chi connectivity index (χ0n) is 15.1. The zero-order valence-corrected chi connectivity index (χ0v) is 15.9. The molecule has 1 rings (SSSR count). The summed E-state index contributed by atoms with van der Waals surface area (Å²) < 4.78 is 59.6. The Bertz CT molecular complexity index is 823. The Kier molecular flexibility index (Phi) is 8.51. The van der Waals surface area contributed by atoms with Crippen molar-refractivity contribution in [3.63, 3.8) is 0 Å². The quantitative estimate of drug-likeness (QED) is 0.497. The van der Waals surface area contributed by atoms with E-state index in [4.69, 9.17) is 4.74 Å². The topological polar surface area (TPSA) is 98.8 Å². The van der Waals surface area contributed by atoms with Crippen LogP contribution < -0.4 is 5.32 Å². The third kappa shape index (κ3) is 7.83. The molecular weight excluding hydrogens is 384 g/mol. The van der Waals surface area contributed by atoms with Gasteiger partial charge in [0.05, 0.1) is 19.5 Å². The van der Waals surface area contributed by atoms with Gasteiger partial charge in [0.1, 0.15) is 6.04 Å². The van der Waals surface area contributed by atoms with Gasteiger partial charge in [-0.05, 0) is 25.0 Å². The fraction of sp³-hybridized carbons (Fsp3) is 0.412. The molecule has 0 aliphatic heterocycles. The molecule has 1 atom stereocenters. The van der Waals surface area contributed by atoms with Gasteiger partial charge < -0.3 is 10.1 Å². The highest BCUT2D eigenvalue weighted by Gasteiger charge is 2.21. The van der Waals surface area contributed by atoms with Crippen molar-refractivity contribution in [3.05, 3.63) is 41.5 Å². The lowest BCUT2D eigenvalue weighted by Crippen LogP contribution is -2.40. The summed E-state index contributed by atoms with van der Waals surface area (Å²) in [5, 5.41) is 2.38. The van der Waals surface area contributed by atoms with E-state index in [1.54, 1.807) is 6.92 Å². The average molecular weight is 405 g/mol. The van der Waals surface area contributed by atoms with Gasteiger partial charge in [0.2, 0.25) is 5.91 Å². The number of halogens is 2. The molecule has 10 heteroatoms. The third-order valence-corrected chi connectivity index (χ3v) is 3.82. The number of hydrogen-bond donors (Lipinski definition) is 1. The van der Waals surface area contributed by atoms with E-state index in [2.05, 4.69) is 9.50 Å². The standard InChI is InChI=1S/C17H21F2NO6S/c1-4-25-17(22)15(20-11(2)21)9-8-12(10-26-27(3,23)24)13-6-5-7-14(18)16(13)19/h5-8,15H,4,9-10H2,1-3H3,(H,20,21)/b12-8+/t15-/m0/s1. The highest BCUT2D eigenvalue weighted by molar-refractivity contribution is 7.86. The molecule has 27 heavy (non-hydrogen) atoms. The number of benzene rings is 1. The monoisotopic (exact) mass is 405 g/mol. The van der Waals surface area contributed by atoms with Crippen molar-refractivity contribution >= 4 is 27.6 Å². The maximum atomic E-state index is 14.1. The summed E-state index contributed by atoms with van der Waals surface area (Å²) in [7, 11) is -3.85. The fourth-order valence-corrected chi connectivity index (χ4v) is 2.47. The average Bonchev–Trinajstić information content (AvgIpc) is 2.55. The van der Waals surface area contributed by atoms with E-state index < -0.39 is 46.3 Å². The molecule has 0 spiro atoms. The molecule has 150 valence electrons. The van der Waals surface area contributed by atoms with Gasteiger partial charge in [-0.1, -0.05) is 18.2 Å². The summed E-state index contributed by atoms with van der Waals surface area (Å²) >= 11 is 0. The van der Waals surface area contributed by atoms with Crippen molar-refractivity contribution in [1.82, 2.24) is 5.32 Å². The van der Waals surface area contributed by atoms with Crippen LogP contribution in [-0.4, -0.2) is 45.8 Å². The molecule has 1 N–H and O–H groups in total. The van der Waals surface area contributed by atoms with Gasteiger partial charge in [-0.25, -0.2) is 13.6 Å². The molecule has 0 bridgehead atoms. The van der Waals surface area contributed by atoms with E-state index >= 15 is 0 Å². The molecule has 1 aromatic rings. The van der Waals surface area contributed by atoms with Crippen molar-refractivity contribution in [2.45, 2.75) is 26.3 Å². The number of ether oxygens (including phenoxy) is 1. The zero-order chi connectivity index (χ0) is 20.6. The van der Waals surface area contributed by atoms with E-state index in [1.807, 2.05) is 0 Å². The minimum absolute atomic E-state index is 0.00271. The van der Waals surface area contributed by atoms with Gasteiger partial charge >= 0.3 is 5.97 Å². The minimum atomic E-state index is -3.85. The molecule has 0 unspecified atom stereocenters. The van der Waals surface area contributed by atoms with Crippen LogP contribution in [0.25, 0.3) is 5.57 Å². The maximum absolute atomic E-state index is 14.1.